The maximum atomic E-state index is 11.9. The lowest BCUT2D eigenvalue weighted by molar-refractivity contribution is -0.108. The summed E-state index contributed by atoms with van der Waals surface area (Å²) in [7, 11) is 0. The molecular weight excluding hydrogens is 204 g/mol. The summed E-state index contributed by atoms with van der Waals surface area (Å²) < 4.78 is 5.35. The molecule has 0 aromatic heterocycles. The molecule has 1 aliphatic carbocycles. The molecule has 1 aromatic rings. The molecule has 1 atom stereocenters. The van der Waals surface area contributed by atoms with Crippen molar-refractivity contribution in [2.45, 2.75) is 19.8 Å². The summed E-state index contributed by atoms with van der Waals surface area (Å²) in [4.78, 5) is 22.4. The van der Waals surface area contributed by atoms with Gasteiger partial charge in [0.25, 0.3) is 0 Å². The summed E-state index contributed by atoms with van der Waals surface area (Å²) in [5, 5.41) is 0. The highest BCUT2D eigenvalue weighted by molar-refractivity contribution is 6.03. The Morgan fingerprint density at radius 3 is 3.00 bits per heavy atom. The van der Waals surface area contributed by atoms with Gasteiger partial charge in [0, 0.05) is 17.9 Å². The monoisotopic (exact) mass is 218 g/mol. The van der Waals surface area contributed by atoms with Crippen LogP contribution in [0.25, 0.3) is 0 Å². The Kier molecular flexibility index (Phi) is 3.04. The van der Waals surface area contributed by atoms with Crippen LogP contribution < -0.4 is 4.74 Å². The van der Waals surface area contributed by atoms with Gasteiger partial charge in [-0.2, -0.15) is 0 Å². The second kappa shape index (κ2) is 4.47. The fourth-order valence-corrected chi connectivity index (χ4v) is 2.10. The third-order valence-corrected chi connectivity index (χ3v) is 2.88. The number of hydrogen-bond donors (Lipinski definition) is 0. The molecule has 0 N–H and O–H groups in total. The van der Waals surface area contributed by atoms with Crippen molar-refractivity contribution in [2.24, 2.45) is 5.92 Å². The second-order valence-electron chi connectivity index (χ2n) is 3.92. The van der Waals surface area contributed by atoms with Crippen LogP contribution in [-0.2, 0) is 11.2 Å². The molecule has 3 heteroatoms. The predicted molar refractivity (Wildman–Crippen MR) is 59.8 cm³/mol. The van der Waals surface area contributed by atoms with Gasteiger partial charge in [0.1, 0.15) is 12.0 Å². The zero-order valence-corrected chi connectivity index (χ0v) is 9.23. The number of fused-ring (bicyclic) bond motifs is 1. The van der Waals surface area contributed by atoms with Crippen molar-refractivity contribution in [1.82, 2.24) is 0 Å². The fourth-order valence-electron chi connectivity index (χ4n) is 2.10. The van der Waals surface area contributed by atoms with Gasteiger partial charge in [-0.05, 0) is 31.0 Å². The van der Waals surface area contributed by atoms with Crippen LogP contribution in [0.4, 0.5) is 0 Å². The van der Waals surface area contributed by atoms with Crippen molar-refractivity contribution in [1.29, 1.82) is 0 Å². The Bertz CT molecular complexity index is 423. The predicted octanol–water partition coefficient (Wildman–Crippen LogP) is 2.03. The Labute approximate surface area is 94.4 Å². The van der Waals surface area contributed by atoms with Crippen molar-refractivity contribution in [3.8, 4) is 5.75 Å². The molecule has 0 saturated carbocycles. The number of Topliss-reactive ketones (excluding diaryl/α,β-unsaturated/α-hetero) is 1. The van der Waals surface area contributed by atoms with E-state index in [0.29, 0.717) is 19.4 Å². The van der Waals surface area contributed by atoms with E-state index in [2.05, 4.69) is 0 Å². The SMILES string of the molecule is CCOc1ccc2c(c1)C(=O)C(CC=O)C2. The Balaban J connectivity index is 2.26. The molecule has 0 amide bonds. The molecular formula is C13H14O3. The number of ketones is 1. The molecule has 0 radical (unpaired) electrons. The first kappa shape index (κ1) is 10.9. The average molecular weight is 218 g/mol. The highest BCUT2D eigenvalue weighted by atomic mass is 16.5. The summed E-state index contributed by atoms with van der Waals surface area (Å²) in [6.45, 7) is 2.50. The number of hydrogen-bond acceptors (Lipinski definition) is 3. The first-order chi connectivity index (χ1) is 7.76. The second-order valence-corrected chi connectivity index (χ2v) is 3.92. The zero-order valence-electron chi connectivity index (χ0n) is 9.23. The highest BCUT2D eigenvalue weighted by Gasteiger charge is 2.30. The third kappa shape index (κ3) is 1.85. The normalized spacial score (nSPS) is 18.3. The summed E-state index contributed by atoms with van der Waals surface area (Å²) in [5.74, 6) is 0.634. The van der Waals surface area contributed by atoms with Crippen LogP contribution in [0.5, 0.6) is 5.75 Å². The van der Waals surface area contributed by atoms with E-state index in [4.69, 9.17) is 4.74 Å². The molecule has 0 heterocycles. The molecule has 0 spiro atoms. The van der Waals surface area contributed by atoms with E-state index in [1.807, 2.05) is 19.1 Å². The lowest BCUT2D eigenvalue weighted by Crippen LogP contribution is -2.09. The van der Waals surface area contributed by atoms with Crippen LogP contribution >= 0.6 is 0 Å². The average Bonchev–Trinajstić information content (AvgIpc) is 2.58. The van der Waals surface area contributed by atoms with Crippen LogP contribution in [0.1, 0.15) is 29.3 Å². The molecule has 3 nitrogen and oxygen atoms in total. The molecule has 0 bridgehead atoms. The van der Waals surface area contributed by atoms with E-state index in [0.717, 1.165) is 23.2 Å². The summed E-state index contributed by atoms with van der Waals surface area (Å²) in [6, 6.07) is 5.58. The lowest BCUT2D eigenvalue weighted by Gasteiger charge is -2.04. The van der Waals surface area contributed by atoms with E-state index in [1.54, 1.807) is 6.07 Å². The maximum absolute atomic E-state index is 11.9. The molecule has 0 aliphatic heterocycles. The van der Waals surface area contributed by atoms with Gasteiger partial charge in [-0.1, -0.05) is 6.07 Å². The van der Waals surface area contributed by atoms with Gasteiger partial charge < -0.3 is 9.53 Å². The standard InChI is InChI=1S/C13H14O3/c1-2-16-11-4-3-9-7-10(5-6-14)13(15)12(9)8-11/h3-4,6,8,10H,2,5,7H2,1H3. The van der Waals surface area contributed by atoms with Gasteiger partial charge in [0.15, 0.2) is 5.78 Å². The summed E-state index contributed by atoms with van der Waals surface area (Å²) in [6.07, 6.45) is 1.81. The molecule has 1 aromatic carbocycles. The molecule has 16 heavy (non-hydrogen) atoms. The van der Waals surface area contributed by atoms with Gasteiger partial charge in [-0.25, -0.2) is 0 Å². The van der Waals surface area contributed by atoms with Gasteiger partial charge in [0.05, 0.1) is 6.61 Å². The minimum absolute atomic E-state index is 0.0728. The molecule has 1 aliphatic rings. The number of rotatable bonds is 4. The van der Waals surface area contributed by atoms with Crippen LogP contribution in [-0.4, -0.2) is 18.7 Å². The Morgan fingerprint density at radius 1 is 1.50 bits per heavy atom. The van der Waals surface area contributed by atoms with Crippen molar-refractivity contribution < 1.29 is 14.3 Å². The minimum atomic E-state index is -0.163. The van der Waals surface area contributed by atoms with E-state index in [-0.39, 0.29) is 11.7 Å². The highest BCUT2D eigenvalue weighted by Crippen LogP contribution is 2.31. The number of carbonyl (C=O) groups excluding carboxylic acids is 2. The number of ether oxygens (including phenoxy) is 1. The molecule has 84 valence electrons. The largest absolute Gasteiger partial charge is 0.494 e. The van der Waals surface area contributed by atoms with Crippen LogP contribution in [0, 0.1) is 5.92 Å². The van der Waals surface area contributed by atoms with Crippen LogP contribution in [0.2, 0.25) is 0 Å². The van der Waals surface area contributed by atoms with E-state index >= 15 is 0 Å². The van der Waals surface area contributed by atoms with Crippen molar-refractivity contribution in [3.63, 3.8) is 0 Å². The molecule has 0 fully saturated rings. The fraction of sp³-hybridized carbons (Fsp3) is 0.385. The molecule has 0 saturated heterocycles. The lowest BCUT2D eigenvalue weighted by atomic mass is 10.0. The van der Waals surface area contributed by atoms with E-state index in [9.17, 15) is 9.59 Å². The van der Waals surface area contributed by atoms with Crippen LogP contribution in [0.15, 0.2) is 18.2 Å². The first-order valence-corrected chi connectivity index (χ1v) is 5.49. The Morgan fingerprint density at radius 2 is 2.31 bits per heavy atom. The van der Waals surface area contributed by atoms with Gasteiger partial charge in [-0.15, -0.1) is 0 Å². The minimum Gasteiger partial charge on any atom is -0.494 e. The van der Waals surface area contributed by atoms with E-state index in [1.165, 1.54) is 0 Å². The number of aldehydes is 1. The van der Waals surface area contributed by atoms with Gasteiger partial charge in [-0.3, -0.25) is 4.79 Å². The summed E-state index contributed by atoms with van der Waals surface area (Å²) in [5.41, 5.74) is 1.75. The molecule has 2 rings (SSSR count). The molecule has 1 unspecified atom stereocenters. The van der Waals surface area contributed by atoms with Crippen molar-refractivity contribution in [3.05, 3.63) is 29.3 Å². The first-order valence-electron chi connectivity index (χ1n) is 5.49. The van der Waals surface area contributed by atoms with E-state index < -0.39 is 0 Å². The summed E-state index contributed by atoms with van der Waals surface area (Å²) >= 11 is 0. The maximum Gasteiger partial charge on any atom is 0.167 e. The topological polar surface area (TPSA) is 43.4 Å². The Hall–Kier alpha value is -1.64. The van der Waals surface area contributed by atoms with Crippen molar-refractivity contribution in [2.75, 3.05) is 6.61 Å². The van der Waals surface area contributed by atoms with Crippen LogP contribution in [0.3, 0.4) is 0 Å². The van der Waals surface area contributed by atoms with Gasteiger partial charge in [0.2, 0.25) is 0 Å². The number of benzene rings is 1. The number of carbonyl (C=O) groups is 2. The quantitative estimate of drug-likeness (QED) is 0.726. The van der Waals surface area contributed by atoms with Crippen molar-refractivity contribution >= 4 is 12.1 Å². The van der Waals surface area contributed by atoms with Gasteiger partial charge >= 0.3 is 0 Å². The zero-order chi connectivity index (χ0) is 11.5. The third-order valence-electron chi connectivity index (χ3n) is 2.88. The smallest absolute Gasteiger partial charge is 0.167 e.